The molecule has 0 radical (unpaired) electrons. The van der Waals surface area contributed by atoms with Crippen molar-refractivity contribution in [2.75, 3.05) is 5.43 Å². The van der Waals surface area contributed by atoms with Crippen LogP contribution in [0.15, 0.2) is 28.3 Å². The summed E-state index contributed by atoms with van der Waals surface area (Å²) < 4.78 is 1.51. The summed E-state index contributed by atoms with van der Waals surface area (Å²) >= 11 is 0. The number of hydrogen-bond donors (Lipinski definition) is 3. The molecule has 0 saturated carbocycles. The molecule has 0 spiro atoms. The van der Waals surface area contributed by atoms with Crippen LogP contribution in [0.4, 0.5) is 0 Å². The predicted molar refractivity (Wildman–Crippen MR) is 58.0 cm³/mol. The van der Waals surface area contributed by atoms with Crippen LogP contribution in [0.2, 0.25) is 0 Å². The van der Waals surface area contributed by atoms with Gasteiger partial charge in [-0.2, -0.15) is 0 Å². The number of nitrogens with zero attached hydrogens (tertiary/aromatic N) is 3. The SMILES string of the molecule is Cl.O=c1cc(CNn2cnnc2)[nH]c(=O)[nH]1. The predicted octanol–water partition coefficient (Wildman–Crippen LogP) is -1.18. The summed E-state index contributed by atoms with van der Waals surface area (Å²) in [6, 6.07) is 1.30. The summed E-state index contributed by atoms with van der Waals surface area (Å²) in [5.41, 5.74) is 2.39. The number of halogens is 1. The minimum atomic E-state index is -0.525. The van der Waals surface area contributed by atoms with Crippen LogP contribution in [0.3, 0.4) is 0 Å². The quantitative estimate of drug-likeness (QED) is 0.630. The third-order valence-electron chi connectivity index (χ3n) is 1.69. The van der Waals surface area contributed by atoms with Gasteiger partial charge in [0.2, 0.25) is 0 Å². The molecule has 2 rings (SSSR count). The Balaban J connectivity index is 0.00000128. The van der Waals surface area contributed by atoms with E-state index in [4.69, 9.17) is 0 Å². The molecule has 0 aliphatic rings. The highest BCUT2D eigenvalue weighted by atomic mass is 35.5. The topological polar surface area (TPSA) is 108 Å². The molecule has 0 unspecified atom stereocenters. The van der Waals surface area contributed by atoms with Crippen molar-refractivity contribution in [1.29, 1.82) is 0 Å². The highest BCUT2D eigenvalue weighted by Gasteiger charge is 1.96. The van der Waals surface area contributed by atoms with Crippen LogP contribution in [0, 0.1) is 0 Å². The van der Waals surface area contributed by atoms with Crippen molar-refractivity contribution in [2.24, 2.45) is 0 Å². The maximum atomic E-state index is 10.9. The van der Waals surface area contributed by atoms with Gasteiger partial charge in [0.15, 0.2) is 0 Å². The monoisotopic (exact) mass is 244 g/mol. The first kappa shape index (κ1) is 12.0. The summed E-state index contributed by atoms with van der Waals surface area (Å²) in [5.74, 6) is 0. The minimum absolute atomic E-state index is 0. The molecule has 0 aliphatic carbocycles. The number of aromatic nitrogens is 5. The molecule has 0 amide bonds. The normalized spacial score (nSPS) is 9.50. The Kier molecular flexibility index (Phi) is 3.84. The number of H-pyrrole nitrogens is 2. The molecule has 0 aliphatic heterocycles. The van der Waals surface area contributed by atoms with Crippen LogP contribution >= 0.6 is 12.4 Å². The van der Waals surface area contributed by atoms with Gasteiger partial charge in [-0.25, -0.2) is 9.47 Å². The van der Waals surface area contributed by atoms with E-state index in [1.165, 1.54) is 23.4 Å². The lowest BCUT2D eigenvalue weighted by Gasteiger charge is -2.04. The zero-order chi connectivity index (χ0) is 10.7. The van der Waals surface area contributed by atoms with E-state index in [-0.39, 0.29) is 12.4 Å². The van der Waals surface area contributed by atoms with Crippen molar-refractivity contribution < 1.29 is 0 Å². The molecule has 2 aromatic rings. The van der Waals surface area contributed by atoms with Crippen molar-refractivity contribution in [3.63, 3.8) is 0 Å². The average Bonchev–Trinajstić information content (AvgIpc) is 2.65. The number of aromatic amines is 2. The molecule has 86 valence electrons. The summed E-state index contributed by atoms with van der Waals surface area (Å²) in [6.07, 6.45) is 2.93. The second-order valence-corrected chi connectivity index (χ2v) is 2.82. The van der Waals surface area contributed by atoms with E-state index >= 15 is 0 Å². The van der Waals surface area contributed by atoms with E-state index in [2.05, 4.69) is 25.6 Å². The molecular formula is C7H9ClN6O2. The number of rotatable bonds is 3. The molecule has 0 aromatic carbocycles. The second-order valence-electron chi connectivity index (χ2n) is 2.82. The fraction of sp³-hybridized carbons (Fsp3) is 0.143. The molecule has 2 aromatic heterocycles. The largest absolute Gasteiger partial charge is 0.325 e. The van der Waals surface area contributed by atoms with Crippen molar-refractivity contribution in [1.82, 2.24) is 24.8 Å². The van der Waals surface area contributed by atoms with Crippen molar-refractivity contribution in [2.45, 2.75) is 6.54 Å². The maximum absolute atomic E-state index is 10.9. The summed E-state index contributed by atoms with van der Waals surface area (Å²) in [4.78, 5) is 26.4. The molecule has 0 fully saturated rings. The zero-order valence-corrected chi connectivity index (χ0v) is 8.82. The van der Waals surface area contributed by atoms with Crippen LogP contribution in [0.25, 0.3) is 0 Å². The fourth-order valence-electron chi connectivity index (χ4n) is 1.07. The fourth-order valence-corrected chi connectivity index (χ4v) is 1.07. The van der Waals surface area contributed by atoms with Gasteiger partial charge in [0.05, 0.1) is 6.54 Å². The van der Waals surface area contributed by atoms with Gasteiger partial charge in [-0.3, -0.25) is 9.78 Å². The standard InChI is InChI=1S/C7H8N6O2.ClH/c14-6-1-5(11-7(15)12-6)2-10-13-3-8-9-4-13;/h1,3-4,10H,2H2,(H2,11,12,14,15);1H. The molecule has 8 nitrogen and oxygen atoms in total. The van der Waals surface area contributed by atoms with E-state index < -0.39 is 11.2 Å². The molecule has 9 heteroatoms. The molecule has 16 heavy (non-hydrogen) atoms. The minimum Gasteiger partial charge on any atom is -0.318 e. The van der Waals surface area contributed by atoms with E-state index in [0.717, 1.165) is 0 Å². The van der Waals surface area contributed by atoms with Gasteiger partial charge in [0, 0.05) is 11.8 Å². The smallest absolute Gasteiger partial charge is 0.318 e. The van der Waals surface area contributed by atoms with Crippen molar-refractivity contribution >= 4 is 12.4 Å². The van der Waals surface area contributed by atoms with Gasteiger partial charge in [0.1, 0.15) is 12.7 Å². The molecule has 3 N–H and O–H groups in total. The summed E-state index contributed by atoms with van der Waals surface area (Å²) in [5, 5.41) is 7.16. The van der Waals surface area contributed by atoms with Crippen LogP contribution in [-0.4, -0.2) is 24.8 Å². The van der Waals surface area contributed by atoms with Crippen LogP contribution in [0.5, 0.6) is 0 Å². The first-order valence-corrected chi connectivity index (χ1v) is 4.15. The first-order valence-electron chi connectivity index (χ1n) is 4.15. The Morgan fingerprint density at radius 3 is 2.56 bits per heavy atom. The molecular weight excluding hydrogens is 236 g/mol. The zero-order valence-electron chi connectivity index (χ0n) is 8.01. The van der Waals surface area contributed by atoms with Crippen LogP contribution < -0.4 is 16.7 Å². The van der Waals surface area contributed by atoms with Gasteiger partial charge in [0.25, 0.3) is 5.56 Å². The lowest BCUT2D eigenvalue weighted by atomic mass is 10.4. The van der Waals surface area contributed by atoms with Gasteiger partial charge >= 0.3 is 5.69 Å². The Morgan fingerprint density at radius 2 is 1.94 bits per heavy atom. The molecule has 2 heterocycles. The Hall–Kier alpha value is -2.09. The lowest BCUT2D eigenvalue weighted by molar-refractivity contribution is 0.806. The highest BCUT2D eigenvalue weighted by molar-refractivity contribution is 5.85. The highest BCUT2D eigenvalue weighted by Crippen LogP contribution is 1.86. The first-order chi connectivity index (χ1) is 7.24. The van der Waals surface area contributed by atoms with Gasteiger partial charge in [-0.15, -0.1) is 22.6 Å². The third kappa shape index (κ3) is 2.95. The molecule has 0 saturated heterocycles. The number of hydrogen-bond acceptors (Lipinski definition) is 5. The van der Waals surface area contributed by atoms with Gasteiger partial charge in [-0.05, 0) is 0 Å². The van der Waals surface area contributed by atoms with E-state index in [1.807, 2.05) is 0 Å². The summed E-state index contributed by atoms with van der Waals surface area (Å²) in [6.45, 7) is 0.303. The Bertz CT molecular complexity index is 516. The van der Waals surface area contributed by atoms with Gasteiger partial charge in [-0.1, -0.05) is 0 Å². The Labute approximate surface area is 95.1 Å². The Morgan fingerprint density at radius 1 is 1.25 bits per heavy atom. The second kappa shape index (κ2) is 5.12. The lowest BCUT2D eigenvalue weighted by Crippen LogP contribution is -2.25. The summed E-state index contributed by atoms with van der Waals surface area (Å²) in [7, 11) is 0. The van der Waals surface area contributed by atoms with E-state index in [1.54, 1.807) is 0 Å². The van der Waals surface area contributed by atoms with E-state index in [9.17, 15) is 9.59 Å². The van der Waals surface area contributed by atoms with Crippen molar-refractivity contribution in [3.05, 3.63) is 45.3 Å². The van der Waals surface area contributed by atoms with E-state index in [0.29, 0.717) is 12.2 Å². The van der Waals surface area contributed by atoms with Crippen LogP contribution in [0.1, 0.15) is 5.69 Å². The average molecular weight is 245 g/mol. The maximum Gasteiger partial charge on any atom is 0.325 e. The third-order valence-corrected chi connectivity index (χ3v) is 1.69. The van der Waals surface area contributed by atoms with Gasteiger partial charge < -0.3 is 10.4 Å². The van der Waals surface area contributed by atoms with Crippen LogP contribution in [-0.2, 0) is 6.54 Å². The number of nitrogens with one attached hydrogen (secondary N) is 3. The molecule has 0 atom stereocenters. The van der Waals surface area contributed by atoms with Crippen molar-refractivity contribution in [3.8, 4) is 0 Å². The molecule has 0 bridgehead atoms.